The monoisotopic (exact) mass is 690 g/mol. The molecule has 0 aliphatic carbocycles. The Kier molecular flexibility index (Phi) is 15.1. The van der Waals surface area contributed by atoms with Crippen molar-refractivity contribution in [3.63, 3.8) is 0 Å². The van der Waals surface area contributed by atoms with Crippen LogP contribution >= 0.6 is 0 Å². The molecule has 0 spiro atoms. The van der Waals surface area contributed by atoms with E-state index >= 15 is 0 Å². The van der Waals surface area contributed by atoms with Crippen molar-refractivity contribution in [1.29, 1.82) is 0 Å². The fraction of sp³-hybridized carbons (Fsp3) is 0.553. The van der Waals surface area contributed by atoms with E-state index in [1.165, 1.54) is 0 Å². The number of carbonyl (C=O) groups is 5. The van der Waals surface area contributed by atoms with Crippen LogP contribution in [0.4, 0.5) is 0 Å². The number of carbonyl (C=O) groups excluding carboxylic acids is 5. The molecular formula is C38H54N6O6. The van der Waals surface area contributed by atoms with E-state index in [2.05, 4.69) is 26.2 Å². The van der Waals surface area contributed by atoms with Gasteiger partial charge in [-0.05, 0) is 56.3 Å². The molecule has 0 saturated carbocycles. The predicted octanol–water partition coefficient (Wildman–Crippen LogP) is 2.67. The highest BCUT2D eigenvalue weighted by Gasteiger charge is 2.31. The van der Waals surface area contributed by atoms with Crippen molar-refractivity contribution >= 4 is 29.5 Å². The zero-order valence-electron chi connectivity index (χ0n) is 29.7. The number of nitrogens with one attached hydrogen (secondary N) is 4. The molecule has 3 atom stereocenters. The minimum Gasteiger partial charge on any atom is -0.493 e. The van der Waals surface area contributed by atoms with E-state index in [1.54, 1.807) is 29.2 Å². The summed E-state index contributed by atoms with van der Waals surface area (Å²) >= 11 is 0. The molecule has 5 amide bonds. The third-order valence-electron chi connectivity index (χ3n) is 9.11. The van der Waals surface area contributed by atoms with E-state index < -0.39 is 35.8 Å². The predicted molar refractivity (Wildman–Crippen MR) is 191 cm³/mol. The highest BCUT2D eigenvalue weighted by atomic mass is 16.5. The summed E-state index contributed by atoms with van der Waals surface area (Å²) in [6, 6.07) is 13.6. The molecule has 1 fully saturated rings. The van der Waals surface area contributed by atoms with Crippen LogP contribution in [0.5, 0.6) is 5.75 Å². The van der Waals surface area contributed by atoms with Crippen LogP contribution in [0.3, 0.4) is 0 Å². The smallest absolute Gasteiger partial charge is 0.255 e. The fourth-order valence-electron chi connectivity index (χ4n) is 6.19. The number of hydrogen-bond donors (Lipinski definition) is 4. The number of hydrogen-bond acceptors (Lipinski definition) is 7. The third kappa shape index (κ3) is 12.2. The molecule has 50 heavy (non-hydrogen) atoms. The third-order valence-corrected chi connectivity index (χ3v) is 9.11. The molecule has 2 aromatic rings. The Labute approximate surface area is 296 Å². The van der Waals surface area contributed by atoms with Crippen molar-refractivity contribution in [2.45, 2.75) is 83.3 Å². The number of ether oxygens (including phenoxy) is 1. The molecule has 4 N–H and O–H groups in total. The Morgan fingerprint density at radius 2 is 1.52 bits per heavy atom. The lowest BCUT2D eigenvalue weighted by Gasteiger charge is -2.35. The zero-order valence-corrected chi connectivity index (χ0v) is 29.7. The van der Waals surface area contributed by atoms with Crippen LogP contribution in [0.2, 0.25) is 0 Å². The molecule has 272 valence electrons. The molecule has 12 nitrogen and oxygen atoms in total. The minimum absolute atomic E-state index is 0.0316. The van der Waals surface area contributed by atoms with Gasteiger partial charge in [-0.25, -0.2) is 0 Å². The average Bonchev–Trinajstić information content (AvgIpc) is 3.10. The van der Waals surface area contributed by atoms with Crippen molar-refractivity contribution in [2.75, 3.05) is 46.4 Å². The number of fused-ring (bicyclic) bond motifs is 1. The van der Waals surface area contributed by atoms with Crippen LogP contribution in [-0.4, -0.2) is 104 Å². The van der Waals surface area contributed by atoms with Crippen molar-refractivity contribution < 1.29 is 28.7 Å². The van der Waals surface area contributed by atoms with Crippen molar-refractivity contribution in [2.24, 2.45) is 5.92 Å². The molecule has 2 aliphatic heterocycles. The molecule has 2 aromatic carbocycles. The molecule has 0 aromatic heterocycles. The van der Waals surface area contributed by atoms with E-state index in [1.807, 2.05) is 51.2 Å². The second-order valence-corrected chi connectivity index (χ2v) is 13.7. The van der Waals surface area contributed by atoms with Gasteiger partial charge in [0.15, 0.2) is 0 Å². The first-order chi connectivity index (χ1) is 24.1. The van der Waals surface area contributed by atoms with Gasteiger partial charge in [0.25, 0.3) is 5.91 Å². The van der Waals surface area contributed by atoms with E-state index in [-0.39, 0.29) is 37.0 Å². The van der Waals surface area contributed by atoms with Gasteiger partial charge in [-0.15, -0.1) is 0 Å². The van der Waals surface area contributed by atoms with Crippen LogP contribution in [0.25, 0.3) is 0 Å². The summed E-state index contributed by atoms with van der Waals surface area (Å²) in [7, 11) is 1.99. The zero-order chi connectivity index (χ0) is 35.9. The molecular weight excluding hydrogens is 636 g/mol. The summed E-state index contributed by atoms with van der Waals surface area (Å²) in [5, 5.41) is 11.7. The van der Waals surface area contributed by atoms with Gasteiger partial charge in [0.05, 0.1) is 12.2 Å². The lowest BCUT2D eigenvalue weighted by Crippen LogP contribution is -2.55. The first-order valence-corrected chi connectivity index (χ1v) is 18.0. The highest BCUT2D eigenvalue weighted by molar-refractivity contribution is 6.00. The molecule has 12 heteroatoms. The summed E-state index contributed by atoms with van der Waals surface area (Å²) in [6.45, 7) is 7.30. The fourth-order valence-corrected chi connectivity index (χ4v) is 6.19. The van der Waals surface area contributed by atoms with Crippen LogP contribution in [0.1, 0.15) is 74.7 Å². The molecule has 0 unspecified atom stereocenters. The van der Waals surface area contributed by atoms with Crippen LogP contribution in [0.15, 0.2) is 54.6 Å². The van der Waals surface area contributed by atoms with E-state index in [0.717, 1.165) is 31.2 Å². The lowest BCUT2D eigenvalue weighted by atomic mass is 10.0. The van der Waals surface area contributed by atoms with Gasteiger partial charge >= 0.3 is 0 Å². The number of benzene rings is 2. The van der Waals surface area contributed by atoms with Crippen molar-refractivity contribution in [3.05, 3.63) is 65.7 Å². The first-order valence-electron chi connectivity index (χ1n) is 18.0. The standard InChI is InChI=1S/C38H54N6O6/c1-27(2)25-31-36(47)39-19-11-4-5-12-24-50-33-16-10-9-15-29(33)35(46)41-30(38(49)44-22-20-43(3)21-23-44)17-18-34(45)40-32(37(48)42-31)26-28-13-7-6-8-14-28/h6-10,13-16,27,30-32H,4-5,11-12,17-26H2,1-3H3,(H,39,47)(H,40,45)(H,41,46)(H,42,48)/t30-,31-,32-/m0/s1. The normalized spacial score (nSPS) is 22.8. The molecule has 4 rings (SSSR count). The Bertz CT molecular complexity index is 1430. The summed E-state index contributed by atoms with van der Waals surface area (Å²) < 4.78 is 6.01. The van der Waals surface area contributed by atoms with Gasteiger partial charge < -0.3 is 35.8 Å². The summed E-state index contributed by atoms with van der Waals surface area (Å²) in [6.07, 6.45) is 3.85. The summed E-state index contributed by atoms with van der Waals surface area (Å²) in [4.78, 5) is 71.9. The maximum Gasteiger partial charge on any atom is 0.255 e. The number of likely N-dealkylation sites (N-methyl/N-ethyl adjacent to an activating group) is 1. The summed E-state index contributed by atoms with van der Waals surface area (Å²) in [5.41, 5.74) is 1.16. The Morgan fingerprint density at radius 1 is 0.820 bits per heavy atom. The molecule has 1 saturated heterocycles. The number of amides is 5. The number of rotatable bonds is 5. The Morgan fingerprint density at radius 3 is 2.26 bits per heavy atom. The maximum absolute atomic E-state index is 13.8. The van der Waals surface area contributed by atoms with Crippen LogP contribution in [-0.2, 0) is 25.6 Å². The summed E-state index contributed by atoms with van der Waals surface area (Å²) in [5.74, 6) is -1.30. The van der Waals surface area contributed by atoms with Crippen molar-refractivity contribution in [3.8, 4) is 5.75 Å². The Balaban J connectivity index is 1.58. The second kappa shape index (κ2) is 19.7. The van der Waals surface area contributed by atoms with Crippen LogP contribution in [0, 0.1) is 5.92 Å². The van der Waals surface area contributed by atoms with Crippen LogP contribution < -0.4 is 26.0 Å². The van der Waals surface area contributed by atoms with Gasteiger partial charge in [0.2, 0.25) is 23.6 Å². The minimum atomic E-state index is -0.969. The van der Waals surface area contributed by atoms with Crippen molar-refractivity contribution in [1.82, 2.24) is 31.1 Å². The molecule has 2 heterocycles. The van der Waals surface area contributed by atoms with Gasteiger partial charge in [-0.2, -0.15) is 0 Å². The Hall–Kier alpha value is -4.45. The van der Waals surface area contributed by atoms with Gasteiger partial charge in [0, 0.05) is 45.6 Å². The first kappa shape index (κ1) is 38.4. The molecule has 2 aliphatic rings. The van der Waals surface area contributed by atoms with E-state index in [4.69, 9.17) is 4.74 Å². The molecule has 0 radical (unpaired) electrons. The topological polar surface area (TPSA) is 149 Å². The van der Waals surface area contributed by atoms with E-state index in [9.17, 15) is 24.0 Å². The quantitative estimate of drug-likeness (QED) is 0.377. The lowest BCUT2D eigenvalue weighted by molar-refractivity contribution is -0.135. The number of piperazine rings is 1. The number of para-hydroxylation sites is 1. The van der Waals surface area contributed by atoms with Gasteiger partial charge in [0.1, 0.15) is 23.9 Å². The average molecular weight is 691 g/mol. The van der Waals surface area contributed by atoms with E-state index in [0.29, 0.717) is 57.1 Å². The molecule has 0 bridgehead atoms. The van der Waals surface area contributed by atoms with Gasteiger partial charge in [-0.1, -0.05) is 69.2 Å². The maximum atomic E-state index is 13.8. The number of nitrogens with zero attached hydrogens (tertiary/aromatic N) is 2. The highest BCUT2D eigenvalue weighted by Crippen LogP contribution is 2.20. The largest absolute Gasteiger partial charge is 0.493 e. The SMILES string of the molecule is CC(C)C[C@@H]1NC(=O)[C@H](Cc2ccccc2)NC(=O)CC[C@@H](C(=O)N2CCN(C)CC2)NC(=O)c2ccccc2OCCCCCCNC1=O. The second-order valence-electron chi connectivity index (χ2n) is 13.7. The van der Waals surface area contributed by atoms with Gasteiger partial charge in [-0.3, -0.25) is 24.0 Å².